The Balaban J connectivity index is 1.67. The van der Waals surface area contributed by atoms with Crippen LogP contribution in [0.4, 0.5) is 0 Å². The zero-order valence-corrected chi connectivity index (χ0v) is 13.4. The van der Waals surface area contributed by atoms with E-state index in [1.165, 1.54) is 20.4 Å². The lowest BCUT2D eigenvalue weighted by atomic mass is 10.0. The highest BCUT2D eigenvalue weighted by Gasteiger charge is 2.57. The molecule has 1 unspecified atom stereocenters. The minimum Gasteiger partial charge on any atom is -0.269 e. The highest BCUT2D eigenvalue weighted by Crippen LogP contribution is 2.50. The topological polar surface area (TPSA) is 15.4 Å². The van der Waals surface area contributed by atoms with Crippen LogP contribution >= 0.6 is 22.6 Å². The molecule has 2 aromatic carbocycles. The van der Waals surface area contributed by atoms with Crippen LogP contribution in [0.1, 0.15) is 24.1 Å². The Kier molecular flexibility index (Phi) is 2.93. The molecular formula is C17H15IN2. The van der Waals surface area contributed by atoms with E-state index in [-0.39, 0.29) is 0 Å². The molecule has 0 aliphatic carbocycles. The molecular weight excluding hydrogens is 359 g/mol. The highest BCUT2D eigenvalue weighted by molar-refractivity contribution is 14.1. The summed E-state index contributed by atoms with van der Waals surface area (Å²) in [6.45, 7) is 2.19. The van der Waals surface area contributed by atoms with E-state index in [2.05, 4.69) is 89.0 Å². The number of aliphatic imine (C=N–C) groups is 1. The first kappa shape index (κ1) is 12.5. The Morgan fingerprint density at radius 3 is 2.35 bits per heavy atom. The van der Waals surface area contributed by atoms with Gasteiger partial charge in [0.05, 0.1) is 17.8 Å². The van der Waals surface area contributed by atoms with Crippen molar-refractivity contribution in [3.63, 3.8) is 0 Å². The Bertz CT molecular complexity index is 663. The number of nitrogens with zero attached hydrogens (tertiary/aromatic N) is 2. The first-order valence-corrected chi connectivity index (χ1v) is 7.99. The van der Waals surface area contributed by atoms with Gasteiger partial charge in [0.25, 0.3) is 0 Å². The highest BCUT2D eigenvalue weighted by atomic mass is 127. The maximum absolute atomic E-state index is 4.84. The summed E-state index contributed by atoms with van der Waals surface area (Å²) in [6.07, 6.45) is 0.291. The van der Waals surface area contributed by atoms with E-state index in [9.17, 15) is 0 Å². The molecule has 2 heterocycles. The molecule has 0 N–H and O–H groups in total. The van der Waals surface area contributed by atoms with Gasteiger partial charge in [0.15, 0.2) is 0 Å². The molecule has 2 aliphatic heterocycles. The number of halogens is 1. The molecule has 0 radical (unpaired) electrons. The van der Waals surface area contributed by atoms with Crippen LogP contribution in [-0.2, 0) is 0 Å². The zero-order valence-electron chi connectivity index (χ0n) is 11.2. The van der Waals surface area contributed by atoms with Crippen molar-refractivity contribution < 1.29 is 0 Å². The molecule has 0 saturated carbocycles. The molecule has 0 spiro atoms. The van der Waals surface area contributed by atoms with Crippen molar-refractivity contribution >= 4 is 28.3 Å². The van der Waals surface area contributed by atoms with Crippen molar-refractivity contribution in [1.82, 2.24) is 4.90 Å². The quantitative estimate of drug-likeness (QED) is 0.576. The average Bonchev–Trinajstić information content (AvgIpc) is 3.13. The molecule has 3 heteroatoms. The van der Waals surface area contributed by atoms with Crippen LogP contribution in [0, 0.1) is 3.57 Å². The van der Waals surface area contributed by atoms with Crippen LogP contribution in [0.25, 0.3) is 0 Å². The molecule has 20 heavy (non-hydrogen) atoms. The van der Waals surface area contributed by atoms with Crippen LogP contribution in [0.2, 0.25) is 0 Å². The van der Waals surface area contributed by atoms with Crippen LogP contribution in [-0.4, -0.2) is 22.8 Å². The summed E-state index contributed by atoms with van der Waals surface area (Å²) < 4.78 is 1.27. The van der Waals surface area contributed by atoms with E-state index in [0.29, 0.717) is 18.2 Å². The van der Waals surface area contributed by atoms with Crippen molar-refractivity contribution in [3.8, 4) is 0 Å². The molecule has 1 saturated heterocycles. The molecule has 4 atom stereocenters. The standard InChI is InChI=1S/C17H15IN2/c1-11-19-15(12-7-9-14(18)10-8-12)17-16(20(11)17)13-5-3-2-4-6-13/h2-11,16-17H,1H3/t11-,16+,17+,20?/m1/s1. The Morgan fingerprint density at radius 2 is 1.65 bits per heavy atom. The maximum Gasteiger partial charge on any atom is 0.101 e. The predicted molar refractivity (Wildman–Crippen MR) is 90.0 cm³/mol. The first-order valence-electron chi connectivity index (χ1n) is 6.92. The molecule has 0 amide bonds. The number of hydrogen-bond donors (Lipinski definition) is 0. The third kappa shape index (κ3) is 1.91. The van der Waals surface area contributed by atoms with Crippen LogP contribution in [0.15, 0.2) is 59.6 Å². The minimum atomic E-state index is 0.291. The van der Waals surface area contributed by atoms with Crippen molar-refractivity contribution in [2.75, 3.05) is 0 Å². The summed E-state index contributed by atoms with van der Waals surface area (Å²) in [5.41, 5.74) is 3.92. The molecule has 0 aromatic heterocycles. The van der Waals surface area contributed by atoms with Gasteiger partial charge in [0, 0.05) is 3.57 Å². The molecule has 0 bridgehead atoms. The van der Waals surface area contributed by atoms with E-state index in [0.717, 1.165) is 0 Å². The third-order valence-corrected chi connectivity index (χ3v) is 4.89. The van der Waals surface area contributed by atoms with E-state index >= 15 is 0 Å². The van der Waals surface area contributed by atoms with E-state index in [4.69, 9.17) is 4.99 Å². The smallest absolute Gasteiger partial charge is 0.101 e. The summed E-state index contributed by atoms with van der Waals surface area (Å²) in [5, 5.41) is 0. The second kappa shape index (κ2) is 4.67. The molecule has 1 fully saturated rings. The Labute approximate surface area is 132 Å². The van der Waals surface area contributed by atoms with Crippen molar-refractivity contribution in [3.05, 3.63) is 69.3 Å². The number of benzene rings is 2. The Morgan fingerprint density at radius 1 is 0.950 bits per heavy atom. The fraction of sp³-hybridized carbons (Fsp3) is 0.235. The fourth-order valence-electron chi connectivity index (χ4n) is 3.22. The Hall–Kier alpha value is -1.20. The lowest BCUT2D eigenvalue weighted by molar-refractivity contribution is 0.419. The largest absolute Gasteiger partial charge is 0.269 e. The lowest BCUT2D eigenvalue weighted by Crippen LogP contribution is -2.09. The normalized spacial score (nSPS) is 30.8. The summed E-state index contributed by atoms with van der Waals surface area (Å²) in [6, 6.07) is 20.4. The summed E-state index contributed by atoms with van der Waals surface area (Å²) >= 11 is 2.34. The molecule has 2 aliphatic rings. The monoisotopic (exact) mass is 374 g/mol. The molecule has 2 aromatic rings. The number of rotatable bonds is 2. The van der Waals surface area contributed by atoms with E-state index < -0.39 is 0 Å². The van der Waals surface area contributed by atoms with Gasteiger partial charge in [-0.1, -0.05) is 42.5 Å². The zero-order chi connectivity index (χ0) is 13.7. The number of fused-ring (bicyclic) bond motifs is 1. The summed E-state index contributed by atoms with van der Waals surface area (Å²) in [4.78, 5) is 7.32. The second-order valence-electron chi connectivity index (χ2n) is 5.40. The van der Waals surface area contributed by atoms with Crippen LogP contribution in [0.3, 0.4) is 0 Å². The molecule has 100 valence electrons. The van der Waals surface area contributed by atoms with Gasteiger partial charge >= 0.3 is 0 Å². The van der Waals surface area contributed by atoms with E-state index in [1.54, 1.807) is 0 Å². The van der Waals surface area contributed by atoms with Gasteiger partial charge in [-0.3, -0.25) is 9.89 Å². The van der Waals surface area contributed by atoms with E-state index in [1.807, 2.05) is 0 Å². The van der Waals surface area contributed by atoms with Gasteiger partial charge in [-0.25, -0.2) is 0 Å². The maximum atomic E-state index is 4.84. The summed E-state index contributed by atoms with van der Waals surface area (Å²) in [5.74, 6) is 0. The minimum absolute atomic E-state index is 0.291. The lowest BCUT2D eigenvalue weighted by Gasteiger charge is -2.09. The predicted octanol–water partition coefficient (Wildman–Crippen LogP) is 3.87. The summed E-state index contributed by atoms with van der Waals surface area (Å²) in [7, 11) is 0. The van der Waals surface area contributed by atoms with Crippen molar-refractivity contribution in [1.29, 1.82) is 0 Å². The molecule has 2 nitrogen and oxygen atoms in total. The van der Waals surface area contributed by atoms with Crippen molar-refractivity contribution in [2.45, 2.75) is 25.2 Å². The number of hydrogen-bond acceptors (Lipinski definition) is 2. The van der Waals surface area contributed by atoms with Crippen LogP contribution in [0.5, 0.6) is 0 Å². The average molecular weight is 374 g/mol. The van der Waals surface area contributed by atoms with Gasteiger partial charge in [0.1, 0.15) is 6.17 Å². The third-order valence-electron chi connectivity index (χ3n) is 4.17. The van der Waals surface area contributed by atoms with Gasteiger partial charge in [-0.2, -0.15) is 0 Å². The van der Waals surface area contributed by atoms with Gasteiger partial charge in [-0.15, -0.1) is 0 Å². The van der Waals surface area contributed by atoms with Gasteiger partial charge in [0.2, 0.25) is 0 Å². The molecule has 4 rings (SSSR count). The second-order valence-corrected chi connectivity index (χ2v) is 6.65. The van der Waals surface area contributed by atoms with Gasteiger partial charge < -0.3 is 0 Å². The first-order chi connectivity index (χ1) is 9.75. The fourth-order valence-corrected chi connectivity index (χ4v) is 3.58. The SMILES string of the molecule is C[C@@H]1N=C(c2ccc(I)cc2)[C@H]2[C@H](c3ccccc3)N12. The van der Waals surface area contributed by atoms with Crippen molar-refractivity contribution in [2.24, 2.45) is 4.99 Å². The van der Waals surface area contributed by atoms with Crippen LogP contribution < -0.4 is 0 Å². The van der Waals surface area contributed by atoms with Gasteiger partial charge in [-0.05, 0) is 52.8 Å².